The van der Waals surface area contributed by atoms with E-state index in [-0.39, 0.29) is 11.9 Å². The van der Waals surface area contributed by atoms with E-state index in [1.54, 1.807) is 30.5 Å². The monoisotopic (exact) mass is 298 g/mol. The fourth-order valence-electron chi connectivity index (χ4n) is 2.89. The van der Waals surface area contributed by atoms with E-state index in [2.05, 4.69) is 9.97 Å². The molecule has 114 valence electrons. The average molecular weight is 298 g/mol. The van der Waals surface area contributed by atoms with E-state index in [9.17, 15) is 4.39 Å². The summed E-state index contributed by atoms with van der Waals surface area (Å²) in [5.74, 6) is 0.946. The zero-order valence-electron chi connectivity index (χ0n) is 12.5. The van der Waals surface area contributed by atoms with Gasteiger partial charge in [0.15, 0.2) is 0 Å². The van der Waals surface area contributed by atoms with Crippen molar-refractivity contribution >= 4 is 11.9 Å². The van der Waals surface area contributed by atoms with E-state index in [4.69, 9.17) is 5.41 Å². The Bertz CT molecular complexity index is 704. The summed E-state index contributed by atoms with van der Waals surface area (Å²) in [6.07, 6.45) is 7.26. The molecule has 1 aromatic carbocycles. The van der Waals surface area contributed by atoms with Crippen LogP contribution in [0.4, 0.5) is 4.39 Å². The zero-order valence-corrected chi connectivity index (χ0v) is 12.5. The van der Waals surface area contributed by atoms with E-state index in [0.29, 0.717) is 5.84 Å². The van der Waals surface area contributed by atoms with E-state index >= 15 is 0 Å². The number of imidazole rings is 1. The predicted octanol–water partition coefficient (Wildman–Crippen LogP) is 3.68. The number of hydrogen-bond donors (Lipinski definition) is 2. The Balaban J connectivity index is 1.75. The summed E-state index contributed by atoms with van der Waals surface area (Å²) < 4.78 is 13.4. The topological polar surface area (TPSA) is 55.8 Å². The molecule has 4 nitrogen and oxygen atoms in total. The van der Waals surface area contributed by atoms with Crippen LogP contribution in [-0.4, -0.2) is 27.2 Å². The number of aryl methyl sites for hydroxylation is 1. The van der Waals surface area contributed by atoms with Crippen LogP contribution < -0.4 is 0 Å². The molecule has 2 N–H and O–H groups in total. The Morgan fingerprint density at radius 2 is 2.36 bits per heavy atom. The second-order valence-electron chi connectivity index (χ2n) is 5.58. The zero-order chi connectivity index (χ0) is 15.5. The van der Waals surface area contributed by atoms with Gasteiger partial charge in [0, 0.05) is 18.4 Å². The van der Waals surface area contributed by atoms with Gasteiger partial charge >= 0.3 is 0 Å². The highest BCUT2D eigenvalue weighted by molar-refractivity contribution is 5.94. The quantitative estimate of drug-likeness (QED) is 0.671. The van der Waals surface area contributed by atoms with Gasteiger partial charge < -0.3 is 9.88 Å². The molecule has 0 amide bonds. The molecular weight excluding hydrogens is 279 g/mol. The number of benzene rings is 1. The van der Waals surface area contributed by atoms with Gasteiger partial charge in [-0.25, -0.2) is 9.37 Å². The Kier molecular flexibility index (Phi) is 4.04. The molecule has 0 aliphatic carbocycles. The van der Waals surface area contributed by atoms with E-state index in [0.717, 1.165) is 36.5 Å². The molecular formula is C17H19FN4. The molecule has 0 radical (unpaired) electrons. The number of halogens is 1. The Hall–Kier alpha value is -2.43. The molecule has 2 heterocycles. The molecule has 0 unspecified atom stereocenters. The highest BCUT2D eigenvalue weighted by atomic mass is 19.1. The summed E-state index contributed by atoms with van der Waals surface area (Å²) in [5.41, 5.74) is 1.93. The number of likely N-dealkylation sites (tertiary alicyclic amines) is 1. The summed E-state index contributed by atoms with van der Waals surface area (Å²) in [6, 6.07) is 6.75. The van der Waals surface area contributed by atoms with Gasteiger partial charge in [-0.2, -0.15) is 0 Å². The van der Waals surface area contributed by atoms with E-state index in [1.165, 1.54) is 6.07 Å². The first-order valence-corrected chi connectivity index (χ1v) is 7.44. The fraction of sp³-hybridized carbons (Fsp3) is 0.294. The molecule has 2 aromatic rings. The standard InChI is InChI=1S/C17H19FN4/c1-12-11-20-17(21-12)8-7-16(19)22-9-3-6-15(22)13-4-2-5-14(18)10-13/h2,4-5,7-8,10-11,15,19H,3,6,9H2,1H3,(H,20,21)/b8-7-,19-16?/t15-/m1/s1. The summed E-state index contributed by atoms with van der Waals surface area (Å²) in [7, 11) is 0. The van der Waals surface area contributed by atoms with Crippen LogP contribution in [0.2, 0.25) is 0 Å². The molecule has 1 aliphatic rings. The van der Waals surface area contributed by atoms with Crippen molar-refractivity contribution in [2.45, 2.75) is 25.8 Å². The second kappa shape index (κ2) is 6.13. The normalized spacial score (nSPS) is 18.3. The van der Waals surface area contributed by atoms with Crippen molar-refractivity contribution in [3.63, 3.8) is 0 Å². The van der Waals surface area contributed by atoms with Gasteiger partial charge in [0.1, 0.15) is 17.5 Å². The average Bonchev–Trinajstić information content (AvgIpc) is 3.13. The van der Waals surface area contributed by atoms with Gasteiger partial charge in [-0.05, 0) is 49.6 Å². The van der Waals surface area contributed by atoms with Crippen molar-refractivity contribution in [1.82, 2.24) is 14.9 Å². The third kappa shape index (κ3) is 3.08. The van der Waals surface area contributed by atoms with Gasteiger partial charge in [-0.1, -0.05) is 12.1 Å². The highest BCUT2D eigenvalue weighted by Gasteiger charge is 2.27. The largest absolute Gasteiger partial charge is 0.350 e. The Labute approximate surface area is 129 Å². The SMILES string of the molecule is Cc1cnc(/C=C\C(=N)N2CCC[C@@H]2c2cccc(F)c2)[nH]1. The number of aromatic amines is 1. The molecule has 1 fully saturated rings. The van der Waals surface area contributed by atoms with Crippen LogP contribution in [0.25, 0.3) is 6.08 Å². The predicted molar refractivity (Wildman–Crippen MR) is 85.2 cm³/mol. The number of rotatable bonds is 3. The number of H-pyrrole nitrogens is 1. The molecule has 1 atom stereocenters. The van der Waals surface area contributed by atoms with Crippen LogP contribution >= 0.6 is 0 Å². The minimum absolute atomic E-state index is 0.0752. The molecule has 22 heavy (non-hydrogen) atoms. The second-order valence-corrected chi connectivity index (χ2v) is 5.58. The Morgan fingerprint density at radius 1 is 1.50 bits per heavy atom. The van der Waals surface area contributed by atoms with E-state index in [1.807, 2.05) is 17.9 Å². The molecule has 0 spiro atoms. The lowest BCUT2D eigenvalue weighted by Gasteiger charge is -2.26. The number of nitrogens with zero attached hydrogens (tertiary/aromatic N) is 2. The number of nitrogens with one attached hydrogen (secondary N) is 2. The first-order valence-electron chi connectivity index (χ1n) is 7.44. The maximum atomic E-state index is 13.4. The maximum Gasteiger partial charge on any atom is 0.130 e. The number of hydrogen-bond acceptors (Lipinski definition) is 2. The summed E-state index contributed by atoms with van der Waals surface area (Å²) in [6.45, 7) is 2.76. The van der Waals surface area contributed by atoms with Gasteiger partial charge in [0.25, 0.3) is 0 Å². The van der Waals surface area contributed by atoms with Crippen molar-refractivity contribution in [2.24, 2.45) is 0 Å². The van der Waals surface area contributed by atoms with E-state index < -0.39 is 0 Å². The highest BCUT2D eigenvalue weighted by Crippen LogP contribution is 2.32. The fourth-order valence-corrected chi connectivity index (χ4v) is 2.89. The minimum atomic E-state index is -0.225. The number of aromatic nitrogens is 2. The van der Waals surface area contributed by atoms with Gasteiger partial charge in [0.2, 0.25) is 0 Å². The molecule has 1 saturated heterocycles. The van der Waals surface area contributed by atoms with Crippen LogP contribution in [-0.2, 0) is 0 Å². The first-order chi connectivity index (χ1) is 10.6. The lowest BCUT2D eigenvalue weighted by molar-refractivity contribution is 0.399. The van der Waals surface area contributed by atoms with Gasteiger partial charge in [-0.3, -0.25) is 5.41 Å². The maximum absolute atomic E-state index is 13.4. The lowest BCUT2D eigenvalue weighted by Crippen LogP contribution is -2.28. The van der Waals surface area contributed by atoms with Crippen molar-refractivity contribution in [3.8, 4) is 0 Å². The third-order valence-electron chi connectivity index (χ3n) is 3.92. The van der Waals surface area contributed by atoms with Crippen molar-refractivity contribution in [3.05, 3.63) is 59.4 Å². The number of amidine groups is 1. The van der Waals surface area contributed by atoms with Gasteiger partial charge in [-0.15, -0.1) is 0 Å². The first kappa shape index (κ1) is 14.5. The smallest absolute Gasteiger partial charge is 0.130 e. The van der Waals surface area contributed by atoms with Gasteiger partial charge in [0.05, 0.1) is 6.04 Å². The van der Waals surface area contributed by atoms with Crippen LogP contribution in [0.3, 0.4) is 0 Å². The summed E-state index contributed by atoms with van der Waals surface area (Å²) in [4.78, 5) is 9.32. The molecule has 5 heteroatoms. The molecule has 3 rings (SSSR count). The van der Waals surface area contributed by atoms with Crippen molar-refractivity contribution in [1.29, 1.82) is 5.41 Å². The summed E-state index contributed by atoms with van der Waals surface area (Å²) >= 11 is 0. The summed E-state index contributed by atoms with van der Waals surface area (Å²) in [5, 5.41) is 8.28. The van der Waals surface area contributed by atoms with Crippen LogP contribution in [0.15, 0.2) is 36.5 Å². The van der Waals surface area contributed by atoms with Crippen LogP contribution in [0.5, 0.6) is 0 Å². The minimum Gasteiger partial charge on any atom is -0.350 e. The molecule has 0 saturated carbocycles. The molecule has 1 aromatic heterocycles. The van der Waals surface area contributed by atoms with Crippen LogP contribution in [0, 0.1) is 18.2 Å². The Morgan fingerprint density at radius 3 is 3.09 bits per heavy atom. The van der Waals surface area contributed by atoms with Crippen molar-refractivity contribution in [2.75, 3.05) is 6.54 Å². The third-order valence-corrected chi connectivity index (χ3v) is 3.92. The molecule has 1 aliphatic heterocycles. The van der Waals surface area contributed by atoms with Crippen molar-refractivity contribution < 1.29 is 4.39 Å². The van der Waals surface area contributed by atoms with Crippen LogP contribution in [0.1, 0.15) is 36.0 Å². The molecule has 0 bridgehead atoms. The lowest BCUT2D eigenvalue weighted by atomic mass is 10.0.